The van der Waals surface area contributed by atoms with E-state index in [0.29, 0.717) is 12.3 Å². The van der Waals surface area contributed by atoms with Crippen LogP contribution in [0.15, 0.2) is 46.0 Å². The zero-order valence-electron chi connectivity index (χ0n) is 10.7. The summed E-state index contributed by atoms with van der Waals surface area (Å²) in [6.07, 6.45) is 0. The number of ether oxygens (including phenoxy) is 1. The third-order valence-corrected chi connectivity index (χ3v) is 2.09. The van der Waals surface area contributed by atoms with E-state index in [-0.39, 0.29) is 17.2 Å². The molecule has 0 amide bonds. The molecule has 0 radical (unpaired) electrons. The summed E-state index contributed by atoms with van der Waals surface area (Å²) < 4.78 is 5.29. The Kier molecular flexibility index (Phi) is 5.05. The molecule has 0 aliphatic heterocycles. The fourth-order valence-corrected chi connectivity index (χ4v) is 1.28. The number of hydrogen-bond acceptors (Lipinski definition) is 5. The van der Waals surface area contributed by atoms with Crippen molar-refractivity contribution in [3.63, 3.8) is 0 Å². The molecule has 1 rings (SSSR count). The average molecular weight is 248 g/mol. The Morgan fingerprint density at radius 2 is 1.89 bits per heavy atom. The Hall–Kier alpha value is -2.17. The largest absolute Gasteiger partial charge is 0.510 e. The summed E-state index contributed by atoms with van der Waals surface area (Å²) in [5.74, 6) is 0.277. The molecule has 18 heavy (non-hydrogen) atoms. The molecule has 96 valence electrons. The van der Waals surface area contributed by atoms with Gasteiger partial charge in [-0.3, -0.25) is 4.79 Å². The van der Waals surface area contributed by atoms with Gasteiger partial charge in [-0.2, -0.15) is 5.11 Å². The van der Waals surface area contributed by atoms with Crippen LogP contribution < -0.4 is 4.74 Å². The van der Waals surface area contributed by atoms with Crippen LogP contribution in [0.25, 0.3) is 0 Å². The molecular formula is C13H16N2O3. The van der Waals surface area contributed by atoms with Crippen LogP contribution in [-0.4, -0.2) is 17.5 Å². The summed E-state index contributed by atoms with van der Waals surface area (Å²) in [6, 6.07) is 6.97. The molecule has 0 unspecified atom stereocenters. The van der Waals surface area contributed by atoms with E-state index in [1.54, 1.807) is 24.3 Å². The number of Topliss-reactive ketones (excluding diaryl/α,β-unsaturated/α-hetero) is 1. The molecule has 1 aromatic carbocycles. The molecule has 0 bridgehead atoms. The highest BCUT2D eigenvalue weighted by molar-refractivity contribution is 5.93. The number of ketones is 1. The molecule has 0 fully saturated rings. The van der Waals surface area contributed by atoms with Gasteiger partial charge in [0.05, 0.1) is 12.3 Å². The van der Waals surface area contributed by atoms with Crippen molar-refractivity contribution < 1.29 is 14.6 Å². The molecule has 1 N–H and O–H groups in total. The molecule has 0 atom stereocenters. The second-order valence-electron chi connectivity index (χ2n) is 3.62. The minimum atomic E-state index is -0.329. The molecule has 1 aromatic rings. The van der Waals surface area contributed by atoms with Crippen molar-refractivity contribution in [2.24, 2.45) is 10.2 Å². The minimum Gasteiger partial charge on any atom is -0.510 e. The first kappa shape index (κ1) is 13.9. The van der Waals surface area contributed by atoms with Gasteiger partial charge in [-0.15, -0.1) is 5.11 Å². The number of carbonyl (C=O) groups is 1. The Bertz CT molecular complexity index is 472. The summed E-state index contributed by atoms with van der Waals surface area (Å²) in [7, 11) is 0. The lowest BCUT2D eigenvalue weighted by Crippen LogP contribution is -1.96. The summed E-state index contributed by atoms with van der Waals surface area (Å²) in [5, 5.41) is 16.9. The van der Waals surface area contributed by atoms with Crippen molar-refractivity contribution in [3.05, 3.63) is 35.7 Å². The van der Waals surface area contributed by atoms with Crippen molar-refractivity contribution in [1.29, 1.82) is 0 Å². The topological polar surface area (TPSA) is 71.2 Å². The average Bonchev–Trinajstić information content (AvgIpc) is 2.31. The number of allylic oxidation sites excluding steroid dienone is 2. The fraction of sp³-hybridized carbons (Fsp3) is 0.308. The van der Waals surface area contributed by atoms with E-state index in [2.05, 4.69) is 10.2 Å². The molecule has 0 aliphatic carbocycles. The fourth-order valence-electron chi connectivity index (χ4n) is 1.28. The smallest absolute Gasteiger partial charge is 0.183 e. The Balaban J connectivity index is 2.84. The monoisotopic (exact) mass is 248 g/mol. The number of rotatable bonds is 5. The predicted octanol–water partition coefficient (Wildman–Crippen LogP) is 3.55. The van der Waals surface area contributed by atoms with Crippen molar-refractivity contribution in [1.82, 2.24) is 0 Å². The van der Waals surface area contributed by atoms with Crippen molar-refractivity contribution in [2.45, 2.75) is 20.8 Å². The van der Waals surface area contributed by atoms with Gasteiger partial charge in [-0.25, -0.2) is 0 Å². The van der Waals surface area contributed by atoms with Gasteiger partial charge in [0.2, 0.25) is 0 Å². The summed E-state index contributed by atoms with van der Waals surface area (Å²) in [5.41, 5.74) is 0.544. The lowest BCUT2D eigenvalue weighted by Gasteiger charge is -2.01. The Morgan fingerprint density at radius 1 is 1.28 bits per heavy atom. The number of hydrogen-bond donors (Lipinski definition) is 1. The van der Waals surface area contributed by atoms with Crippen LogP contribution in [0.4, 0.5) is 5.69 Å². The molecule has 0 heterocycles. The Morgan fingerprint density at radius 3 is 2.33 bits per heavy atom. The zero-order chi connectivity index (χ0) is 13.5. The lowest BCUT2D eigenvalue weighted by atomic mass is 10.3. The molecule has 5 heteroatoms. The van der Waals surface area contributed by atoms with Gasteiger partial charge in [-0.05, 0) is 38.1 Å². The first-order valence-electron chi connectivity index (χ1n) is 5.60. The van der Waals surface area contributed by atoms with E-state index in [0.717, 1.165) is 5.75 Å². The van der Waals surface area contributed by atoms with Gasteiger partial charge < -0.3 is 9.84 Å². The van der Waals surface area contributed by atoms with E-state index in [1.807, 2.05) is 6.92 Å². The molecule has 5 nitrogen and oxygen atoms in total. The van der Waals surface area contributed by atoms with Crippen LogP contribution in [0, 0.1) is 0 Å². The van der Waals surface area contributed by atoms with Gasteiger partial charge in [0, 0.05) is 6.92 Å². The number of benzene rings is 1. The van der Waals surface area contributed by atoms with E-state index < -0.39 is 0 Å². The molecule has 0 saturated carbocycles. The van der Waals surface area contributed by atoms with Gasteiger partial charge in [0.1, 0.15) is 11.5 Å². The molecule has 0 saturated heterocycles. The summed E-state index contributed by atoms with van der Waals surface area (Å²) in [6.45, 7) is 5.23. The van der Waals surface area contributed by atoms with Crippen LogP contribution in [0.1, 0.15) is 20.8 Å². The highest BCUT2D eigenvalue weighted by Crippen LogP contribution is 2.19. The molecule has 0 aliphatic rings. The maximum absolute atomic E-state index is 11.2. The first-order chi connectivity index (χ1) is 8.54. The minimum absolute atomic E-state index is 0.0381. The molecule has 0 aromatic heterocycles. The molecular weight excluding hydrogens is 232 g/mol. The van der Waals surface area contributed by atoms with E-state index in [9.17, 15) is 9.90 Å². The van der Waals surface area contributed by atoms with Crippen molar-refractivity contribution >= 4 is 11.5 Å². The highest BCUT2D eigenvalue weighted by Gasteiger charge is 2.06. The van der Waals surface area contributed by atoms with Crippen LogP contribution >= 0.6 is 0 Å². The first-order valence-corrected chi connectivity index (χ1v) is 5.60. The number of nitrogens with zero attached hydrogens (tertiary/aromatic N) is 2. The normalized spacial score (nSPS) is 12.4. The highest BCUT2D eigenvalue weighted by atomic mass is 16.5. The maximum Gasteiger partial charge on any atom is 0.183 e. The van der Waals surface area contributed by atoms with Gasteiger partial charge in [0.15, 0.2) is 11.5 Å². The van der Waals surface area contributed by atoms with Crippen molar-refractivity contribution in [3.8, 4) is 5.75 Å². The van der Waals surface area contributed by atoms with Crippen LogP contribution in [0.3, 0.4) is 0 Å². The standard InChI is InChI=1S/C13H16N2O3/c1-4-18-12-7-5-11(6-8-12)14-15-13(9(2)16)10(3)17/h5-8,16H,4H2,1-3H3/b13-9+,15-14?. The third kappa shape index (κ3) is 4.01. The number of azo groups is 1. The summed E-state index contributed by atoms with van der Waals surface area (Å²) >= 11 is 0. The van der Waals surface area contributed by atoms with Crippen LogP contribution in [0.5, 0.6) is 5.75 Å². The predicted molar refractivity (Wildman–Crippen MR) is 68.1 cm³/mol. The molecule has 0 spiro atoms. The van der Waals surface area contributed by atoms with E-state index in [4.69, 9.17) is 4.74 Å². The van der Waals surface area contributed by atoms with Crippen molar-refractivity contribution in [2.75, 3.05) is 6.61 Å². The summed E-state index contributed by atoms with van der Waals surface area (Å²) in [4.78, 5) is 11.2. The lowest BCUT2D eigenvalue weighted by molar-refractivity contribution is -0.113. The number of aliphatic hydroxyl groups is 1. The van der Waals surface area contributed by atoms with Crippen LogP contribution in [-0.2, 0) is 4.79 Å². The number of carbonyl (C=O) groups excluding carboxylic acids is 1. The quantitative estimate of drug-likeness (QED) is 0.492. The van der Waals surface area contributed by atoms with Gasteiger partial charge in [0.25, 0.3) is 0 Å². The third-order valence-electron chi connectivity index (χ3n) is 2.09. The second kappa shape index (κ2) is 6.54. The zero-order valence-corrected chi connectivity index (χ0v) is 10.7. The van der Waals surface area contributed by atoms with Crippen LogP contribution in [0.2, 0.25) is 0 Å². The Labute approximate surface area is 106 Å². The van der Waals surface area contributed by atoms with Gasteiger partial charge in [-0.1, -0.05) is 0 Å². The SMILES string of the molecule is CCOc1ccc(N=N/C(C(C)=O)=C(\C)O)cc1. The van der Waals surface area contributed by atoms with E-state index in [1.165, 1.54) is 13.8 Å². The van der Waals surface area contributed by atoms with Gasteiger partial charge >= 0.3 is 0 Å². The maximum atomic E-state index is 11.2. The second-order valence-corrected chi connectivity index (χ2v) is 3.62. The number of aliphatic hydroxyl groups excluding tert-OH is 1. The van der Waals surface area contributed by atoms with E-state index >= 15 is 0 Å².